The Bertz CT molecular complexity index is 984. The molecule has 0 aliphatic carbocycles. The van der Waals surface area contributed by atoms with Gasteiger partial charge in [-0.1, -0.05) is 25.1 Å². The molecule has 0 N–H and O–H groups in total. The van der Waals surface area contributed by atoms with E-state index in [4.69, 9.17) is 0 Å². The van der Waals surface area contributed by atoms with E-state index in [0.717, 1.165) is 25.9 Å². The van der Waals surface area contributed by atoms with Gasteiger partial charge in [0.1, 0.15) is 6.54 Å². The predicted molar refractivity (Wildman–Crippen MR) is 117 cm³/mol. The first-order valence-electron chi connectivity index (χ1n) is 10.6. The van der Waals surface area contributed by atoms with Crippen LogP contribution >= 0.6 is 0 Å². The van der Waals surface area contributed by atoms with Crippen molar-refractivity contribution in [2.24, 2.45) is 0 Å². The SMILES string of the molecule is CCN1CCC[C@H]1CN(CC(=O)N(C)C)C(=O)c1nn(CC)c(=O)c2ccccc12. The molecular weight excluding hydrogens is 382 g/mol. The number of aromatic nitrogens is 2. The molecule has 0 saturated carbocycles. The first-order chi connectivity index (χ1) is 14.4. The first kappa shape index (κ1) is 22.0. The lowest BCUT2D eigenvalue weighted by Crippen LogP contribution is -2.47. The number of carbonyl (C=O) groups is 2. The highest BCUT2D eigenvalue weighted by Gasteiger charge is 2.30. The third-order valence-corrected chi connectivity index (χ3v) is 5.82. The third-order valence-electron chi connectivity index (χ3n) is 5.82. The van der Waals surface area contributed by atoms with Crippen LogP contribution in [0.1, 0.15) is 37.2 Å². The van der Waals surface area contributed by atoms with E-state index in [1.807, 2.05) is 6.92 Å². The Balaban J connectivity index is 2.03. The minimum atomic E-state index is -0.313. The number of hydrogen-bond acceptors (Lipinski definition) is 5. The Morgan fingerprint density at radius 2 is 1.83 bits per heavy atom. The monoisotopic (exact) mass is 413 g/mol. The summed E-state index contributed by atoms with van der Waals surface area (Å²) < 4.78 is 1.31. The van der Waals surface area contributed by atoms with Crippen LogP contribution in [0.3, 0.4) is 0 Å². The van der Waals surface area contributed by atoms with Crippen LogP contribution in [0.5, 0.6) is 0 Å². The van der Waals surface area contributed by atoms with Crippen LogP contribution < -0.4 is 5.56 Å². The molecule has 2 amide bonds. The Kier molecular flexibility index (Phi) is 6.87. The standard InChI is InChI=1S/C22H31N5O3/c1-5-25-13-9-10-16(25)14-26(15-19(28)24(3)4)22(30)20-17-11-7-8-12-18(17)21(29)27(6-2)23-20/h7-8,11-12,16H,5-6,9-10,13-15H2,1-4H3/t16-/m0/s1. The molecule has 30 heavy (non-hydrogen) atoms. The third kappa shape index (κ3) is 4.38. The number of fused-ring (bicyclic) bond motifs is 1. The molecule has 0 bridgehead atoms. The molecule has 1 aromatic carbocycles. The molecule has 1 fully saturated rings. The van der Waals surface area contributed by atoms with E-state index in [1.54, 1.807) is 43.3 Å². The van der Waals surface area contributed by atoms with Crippen LogP contribution in [-0.4, -0.2) is 82.6 Å². The summed E-state index contributed by atoms with van der Waals surface area (Å²) in [6.07, 6.45) is 2.08. The van der Waals surface area contributed by atoms with Gasteiger partial charge in [0.2, 0.25) is 5.91 Å². The van der Waals surface area contributed by atoms with Gasteiger partial charge in [0.05, 0.1) is 5.39 Å². The summed E-state index contributed by atoms with van der Waals surface area (Å²) in [5.41, 5.74) is 0.00757. The summed E-state index contributed by atoms with van der Waals surface area (Å²) in [7, 11) is 3.37. The smallest absolute Gasteiger partial charge is 0.275 e. The second-order valence-corrected chi connectivity index (χ2v) is 7.91. The van der Waals surface area contributed by atoms with Crippen molar-refractivity contribution in [2.45, 2.75) is 39.3 Å². The lowest BCUT2D eigenvalue weighted by molar-refractivity contribution is -0.129. The second-order valence-electron chi connectivity index (χ2n) is 7.91. The van der Waals surface area contributed by atoms with E-state index < -0.39 is 0 Å². The zero-order valence-corrected chi connectivity index (χ0v) is 18.3. The van der Waals surface area contributed by atoms with Gasteiger partial charge in [-0.3, -0.25) is 19.3 Å². The van der Waals surface area contributed by atoms with Gasteiger partial charge in [-0.2, -0.15) is 5.10 Å². The largest absolute Gasteiger partial charge is 0.347 e. The molecule has 162 valence electrons. The highest BCUT2D eigenvalue weighted by atomic mass is 16.2. The number of aryl methyl sites for hydroxylation is 1. The number of benzene rings is 1. The van der Waals surface area contributed by atoms with Crippen molar-refractivity contribution >= 4 is 22.6 Å². The van der Waals surface area contributed by atoms with Gasteiger partial charge >= 0.3 is 0 Å². The summed E-state index contributed by atoms with van der Waals surface area (Å²) in [4.78, 5) is 44.2. The van der Waals surface area contributed by atoms with Gasteiger partial charge in [-0.05, 0) is 38.9 Å². The average Bonchev–Trinajstić information content (AvgIpc) is 3.20. The van der Waals surface area contributed by atoms with Crippen LogP contribution in [0.15, 0.2) is 29.1 Å². The number of amides is 2. The van der Waals surface area contributed by atoms with Crippen molar-refractivity contribution in [3.05, 3.63) is 40.3 Å². The Morgan fingerprint density at radius 3 is 2.47 bits per heavy atom. The number of likely N-dealkylation sites (tertiary alicyclic amines) is 1. The lowest BCUT2D eigenvalue weighted by Gasteiger charge is -2.30. The Labute approximate surface area is 177 Å². The maximum atomic E-state index is 13.6. The van der Waals surface area contributed by atoms with Crippen LogP contribution in [-0.2, 0) is 11.3 Å². The number of rotatable bonds is 7. The van der Waals surface area contributed by atoms with Crippen LogP contribution in [0.25, 0.3) is 10.8 Å². The summed E-state index contributed by atoms with van der Waals surface area (Å²) in [5, 5.41) is 5.37. The molecule has 1 aliphatic heterocycles. The van der Waals surface area contributed by atoms with E-state index in [2.05, 4.69) is 16.9 Å². The predicted octanol–water partition coefficient (Wildman–Crippen LogP) is 1.43. The van der Waals surface area contributed by atoms with Crippen molar-refractivity contribution in [2.75, 3.05) is 40.3 Å². The van der Waals surface area contributed by atoms with Gasteiger partial charge in [0, 0.05) is 38.6 Å². The zero-order chi connectivity index (χ0) is 21.8. The molecule has 8 heteroatoms. The molecule has 1 aliphatic rings. The van der Waals surface area contributed by atoms with Gasteiger partial charge < -0.3 is 9.80 Å². The first-order valence-corrected chi connectivity index (χ1v) is 10.6. The van der Waals surface area contributed by atoms with Crippen molar-refractivity contribution in [3.63, 3.8) is 0 Å². The fraction of sp³-hybridized carbons (Fsp3) is 0.545. The lowest BCUT2D eigenvalue weighted by atomic mass is 10.1. The maximum Gasteiger partial charge on any atom is 0.275 e. The number of nitrogens with zero attached hydrogens (tertiary/aromatic N) is 5. The summed E-state index contributed by atoms with van der Waals surface area (Å²) in [6.45, 7) is 6.68. The van der Waals surface area contributed by atoms with Crippen molar-refractivity contribution in [1.29, 1.82) is 0 Å². The van der Waals surface area contributed by atoms with Crippen molar-refractivity contribution < 1.29 is 9.59 Å². The van der Waals surface area contributed by atoms with Gasteiger partial charge in [-0.15, -0.1) is 0 Å². The van der Waals surface area contributed by atoms with Crippen LogP contribution in [0.4, 0.5) is 0 Å². The second kappa shape index (κ2) is 9.38. The maximum absolute atomic E-state index is 13.6. The molecule has 2 aromatic rings. The minimum absolute atomic E-state index is 0.0128. The number of carbonyl (C=O) groups excluding carboxylic acids is 2. The van der Waals surface area contributed by atoms with Crippen LogP contribution in [0.2, 0.25) is 0 Å². The fourth-order valence-corrected chi connectivity index (χ4v) is 4.05. The molecule has 0 unspecified atom stereocenters. The van der Waals surface area contributed by atoms with Gasteiger partial charge in [0.25, 0.3) is 11.5 Å². The molecule has 1 saturated heterocycles. The Morgan fingerprint density at radius 1 is 1.13 bits per heavy atom. The van der Waals surface area contributed by atoms with E-state index in [1.165, 1.54) is 9.58 Å². The number of hydrogen-bond donors (Lipinski definition) is 0. The van der Waals surface area contributed by atoms with E-state index in [9.17, 15) is 14.4 Å². The minimum Gasteiger partial charge on any atom is -0.347 e. The van der Waals surface area contributed by atoms with E-state index in [0.29, 0.717) is 23.9 Å². The summed E-state index contributed by atoms with van der Waals surface area (Å²) >= 11 is 0. The molecule has 1 atom stereocenters. The highest BCUT2D eigenvalue weighted by molar-refractivity contribution is 6.05. The van der Waals surface area contributed by atoms with Crippen molar-refractivity contribution in [3.8, 4) is 0 Å². The normalized spacial score (nSPS) is 16.7. The number of likely N-dealkylation sites (N-methyl/N-ethyl adjacent to an activating group) is 2. The molecule has 0 radical (unpaired) electrons. The summed E-state index contributed by atoms with van der Waals surface area (Å²) in [6, 6.07) is 7.26. The topological polar surface area (TPSA) is 78.8 Å². The zero-order valence-electron chi connectivity index (χ0n) is 18.3. The van der Waals surface area contributed by atoms with E-state index >= 15 is 0 Å². The average molecular weight is 414 g/mol. The molecule has 0 spiro atoms. The fourth-order valence-electron chi connectivity index (χ4n) is 4.05. The molecule has 2 heterocycles. The van der Waals surface area contributed by atoms with Gasteiger partial charge in [-0.25, -0.2) is 4.68 Å². The summed E-state index contributed by atoms with van der Waals surface area (Å²) in [5.74, 6) is -0.455. The van der Waals surface area contributed by atoms with Crippen molar-refractivity contribution in [1.82, 2.24) is 24.5 Å². The van der Waals surface area contributed by atoms with Gasteiger partial charge in [0.15, 0.2) is 5.69 Å². The molecule has 1 aromatic heterocycles. The molecule has 3 rings (SSSR count). The molecule has 8 nitrogen and oxygen atoms in total. The highest BCUT2D eigenvalue weighted by Crippen LogP contribution is 2.20. The molecular formula is C22H31N5O3. The van der Waals surface area contributed by atoms with E-state index in [-0.39, 0.29) is 35.7 Å². The Hall–Kier alpha value is -2.74. The van der Waals surface area contributed by atoms with Crippen LogP contribution in [0, 0.1) is 0 Å². The quantitative estimate of drug-likeness (QED) is 0.686.